The van der Waals surface area contributed by atoms with Crippen molar-refractivity contribution in [2.45, 2.75) is 37.3 Å². The zero-order valence-electron chi connectivity index (χ0n) is 15.5. The van der Waals surface area contributed by atoms with E-state index in [1.807, 2.05) is 28.8 Å². The number of nitrogens with zero attached hydrogens (tertiary/aromatic N) is 3. The van der Waals surface area contributed by atoms with Crippen LogP contribution in [0.1, 0.15) is 29.5 Å². The topological polar surface area (TPSA) is 80.0 Å². The molecule has 0 aromatic carbocycles. The van der Waals surface area contributed by atoms with Gasteiger partial charge in [0, 0.05) is 24.2 Å². The molecule has 4 rings (SSSR count). The van der Waals surface area contributed by atoms with Crippen LogP contribution in [0.15, 0.2) is 53.9 Å². The first kappa shape index (κ1) is 18.6. The first-order chi connectivity index (χ1) is 13.7. The summed E-state index contributed by atoms with van der Waals surface area (Å²) in [5, 5.41) is 14.6. The van der Waals surface area contributed by atoms with Crippen molar-refractivity contribution in [3.63, 3.8) is 0 Å². The van der Waals surface area contributed by atoms with E-state index < -0.39 is 0 Å². The van der Waals surface area contributed by atoms with Crippen LogP contribution < -0.4 is 5.32 Å². The van der Waals surface area contributed by atoms with E-state index in [1.165, 1.54) is 17.3 Å². The summed E-state index contributed by atoms with van der Waals surface area (Å²) in [7, 11) is 0. The van der Waals surface area contributed by atoms with Crippen LogP contribution in [-0.4, -0.2) is 31.3 Å². The molecule has 3 heterocycles. The second-order valence-electron chi connectivity index (χ2n) is 6.79. The number of pyridine rings is 2. The quantitative estimate of drug-likeness (QED) is 0.624. The van der Waals surface area contributed by atoms with Crippen LogP contribution in [0.2, 0.25) is 0 Å². The average Bonchev–Trinajstić information content (AvgIpc) is 2.99. The molecular weight excluding hydrogens is 372 g/mol. The molecular formula is C21H22N4O2S. The number of aromatic nitrogens is 3. The Bertz CT molecular complexity index is 958. The number of anilines is 1. The fourth-order valence-corrected chi connectivity index (χ4v) is 4.59. The van der Waals surface area contributed by atoms with Gasteiger partial charge in [-0.05, 0) is 55.0 Å². The lowest BCUT2D eigenvalue weighted by atomic mass is 9.95. The first-order valence-electron chi connectivity index (χ1n) is 9.38. The molecule has 3 aromatic heterocycles. The van der Waals surface area contributed by atoms with Gasteiger partial charge >= 0.3 is 0 Å². The van der Waals surface area contributed by atoms with Gasteiger partial charge < -0.3 is 15.0 Å². The number of rotatable bonds is 6. The molecule has 0 aliphatic heterocycles. The summed E-state index contributed by atoms with van der Waals surface area (Å²) in [6.45, 7) is 0.539. The normalized spacial score (nSPS) is 13.1. The Kier molecular flexibility index (Phi) is 5.62. The van der Waals surface area contributed by atoms with E-state index in [9.17, 15) is 9.90 Å². The van der Waals surface area contributed by atoms with Crippen LogP contribution in [-0.2, 0) is 24.2 Å². The summed E-state index contributed by atoms with van der Waals surface area (Å²) in [5.74, 6) is 1.02. The van der Waals surface area contributed by atoms with Gasteiger partial charge in [0.15, 0.2) is 5.88 Å². The Labute approximate surface area is 168 Å². The van der Waals surface area contributed by atoms with E-state index in [4.69, 9.17) is 0 Å². The number of amides is 1. The van der Waals surface area contributed by atoms with Gasteiger partial charge in [-0.1, -0.05) is 23.9 Å². The third-order valence-electron chi connectivity index (χ3n) is 4.83. The number of carbonyl (C=O) groups is 1. The number of fused-ring (bicyclic) bond motifs is 1. The molecule has 6 nitrogen and oxygen atoms in total. The van der Waals surface area contributed by atoms with Crippen molar-refractivity contribution >= 4 is 23.5 Å². The summed E-state index contributed by atoms with van der Waals surface area (Å²) >= 11 is 1.47. The van der Waals surface area contributed by atoms with Gasteiger partial charge in [-0.25, -0.2) is 4.98 Å². The van der Waals surface area contributed by atoms with Crippen molar-refractivity contribution in [1.29, 1.82) is 0 Å². The van der Waals surface area contributed by atoms with Crippen LogP contribution in [0.4, 0.5) is 5.82 Å². The van der Waals surface area contributed by atoms with E-state index >= 15 is 0 Å². The van der Waals surface area contributed by atoms with Crippen LogP contribution >= 0.6 is 11.8 Å². The van der Waals surface area contributed by atoms with E-state index in [0.29, 0.717) is 18.2 Å². The molecule has 0 saturated heterocycles. The van der Waals surface area contributed by atoms with Gasteiger partial charge in [-0.2, -0.15) is 0 Å². The van der Waals surface area contributed by atoms with Gasteiger partial charge in [0.05, 0.1) is 17.3 Å². The molecule has 0 bridgehead atoms. The van der Waals surface area contributed by atoms with Crippen LogP contribution in [0.25, 0.3) is 0 Å². The van der Waals surface area contributed by atoms with Crippen molar-refractivity contribution in [2.24, 2.45) is 0 Å². The molecule has 1 aliphatic carbocycles. The average molecular weight is 395 g/mol. The van der Waals surface area contributed by atoms with E-state index in [2.05, 4.69) is 15.3 Å². The largest absolute Gasteiger partial charge is 0.494 e. The van der Waals surface area contributed by atoms with Gasteiger partial charge in [-0.3, -0.25) is 9.78 Å². The first-order valence-corrected chi connectivity index (χ1v) is 10.4. The van der Waals surface area contributed by atoms with E-state index in [1.54, 1.807) is 24.7 Å². The fourth-order valence-electron chi connectivity index (χ4n) is 3.55. The highest BCUT2D eigenvalue weighted by Gasteiger charge is 2.25. The molecule has 2 N–H and O–H groups in total. The van der Waals surface area contributed by atoms with Crippen LogP contribution in [0.3, 0.4) is 0 Å². The summed E-state index contributed by atoms with van der Waals surface area (Å²) in [6, 6.07) is 9.30. The molecule has 0 spiro atoms. The number of carbonyl (C=O) groups excluding carboxylic acids is 1. The highest BCUT2D eigenvalue weighted by Crippen LogP contribution is 2.40. The molecule has 0 atom stereocenters. The maximum absolute atomic E-state index is 12.4. The predicted molar refractivity (Wildman–Crippen MR) is 110 cm³/mol. The molecule has 0 fully saturated rings. The molecule has 0 radical (unpaired) electrons. The van der Waals surface area contributed by atoms with E-state index in [0.717, 1.165) is 41.8 Å². The van der Waals surface area contributed by atoms with Crippen LogP contribution in [0, 0.1) is 0 Å². The summed E-state index contributed by atoms with van der Waals surface area (Å²) in [4.78, 5) is 20.7. The monoisotopic (exact) mass is 394 g/mol. The van der Waals surface area contributed by atoms with Crippen molar-refractivity contribution in [1.82, 2.24) is 14.5 Å². The molecule has 0 saturated carbocycles. The SMILES string of the molecule is O=C(CSc1c2c(c(O)n1Cc1cccnc1)CCCC2)Nc1ccccn1. The third-order valence-corrected chi connectivity index (χ3v) is 5.98. The molecule has 1 aliphatic rings. The molecule has 28 heavy (non-hydrogen) atoms. The second-order valence-corrected chi connectivity index (χ2v) is 7.76. The van der Waals surface area contributed by atoms with Gasteiger partial charge in [0.1, 0.15) is 5.82 Å². The lowest BCUT2D eigenvalue weighted by molar-refractivity contribution is -0.113. The Balaban J connectivity index is 1.55. The Morgan fingerprint density at radius 3 is 2.75 bits per heavy atom. The number of thioether (sulfide) groups is 1. The Morgan fingerprint density at radius 2 is 2.00 bits per heavy atom. The lowest BCUT2D eigenvalue weighted by Gasteiger charge is -2.13. The minimum absolute atomic E-state index is 0.109. The maximum Gasteiger partial charge on any atom is 0.235 e. The Morgan fingerprint density at radius 1 is 1.14 bits per heavy atom. The highest BCUT2D eigenvalue weighted by molar-refractivity contribution is 8.00. The number of aromatic hydroxyl groups is 1. The Hall–Kier alpha value is -2.80. The molecule has 144 valence electrons. The zero-order valence-corrected chi connectivity index (χ0v) is 16.3. The number of nitrogens with one attached hydrogen (secondary N) is 1. The standard InChI is InChI=1S/C21H22N4O2S/c26-19(24-18-9-3-4-11-23-18)14-28-21-17-8-2-1-7-16(17)20(27)25(21)13-15-6-5-10-22-12-15/h3-6,9-12,27H,1-2,7-8,13-14H2,(H,23,24,26). The summed E-state index contributed by atoms with van der Waals surface area (Å²) in [6.07, 6.45) is 9.21. The van der Waals surface area contributed by atoms with Crippen molar-refractivity contribution in [3.8, 4) is 5.88 Å². The van der Waals surface area contributed by atoms with Gasteiger partial charge in [-0.15, -0.1) is 0 Å². The van der Waals surface area contributed by atoms with Crippen LogP contribution in [0.5, 0.6) is 5.88 Å². The minimum Gasteiger partial charge on any atom is -0.494 e. The minimum atomic E-state index is -0.109. The molecule has 1 amide bonds. The van der Waals surface area contributed by atoms with Crippen molar-refractivity contribution in [3.05, 3.63) is 65.6 Å². The molecule has 7 heteroatoms. The molecule has 3 aromatic rings. The highest BCUT2D eigenvalue weighted by atomic mass is 32.2. The maximum atomic E-state index is 12.4. The molecule has 0 unspecified atom stereocenters. The zero-order chi connectivity index (χ0) is 19.3. The van der Waals surface area contributed by atoms with Gasteiger partial charge in [0.25, 0.3) is 0 Å². The fraction of sp³-hybridized carbons (Fsp3) is 0.286. The second kappa shape index (κ2) is 8.48. The third kappa shape index (κ3) is 4.04. The smallest absolute Gasteiger partial charge is 0.235 e. The van der Waals surface area contributed by atoms with Crippen molar-refractivity contribution < 1.29 is 9.90 Å². The van der Waals surface area contributed by atoms with E-state index in [-0.39, 0.29) is 11.7 Å². The predicted octanol–water partition coefficient (Wildman–Crippen LogP) is 3.64. The lowest BCUT2D eigenvalue weighted by Crippen LogP contribution is -2.15. The number of hydrogen-bond donors (Lipinski definition) is 2. The summed E-state index contributed by atoms with van der Waals surface area (Å²) in [5.41, 5.74) is 3.23. The van der Waals surface area contributed by atoms with Crippen molar-refractivity contribution in [2.75, 3.05) is 11.1 Å². The summed E-state index contributed by atoms with van der Waals surface area (Å²) < 4.78 is 1.92. The van der Waals surface area contributed by atoms with Gasteiger partial charge in [0.2, 0.25) is 5.91 Å². The number of hydrogen-bond acceptors (Lipinski definition) is 5.